The summed E-state index contributed by atoms with van der Waals surface area (Å²) in [6.07, 6.45) is 1.64. The standard InChI is InChI=1S/C10H11NS/c1-8(2)9(5-6-11)10-4-3-7-12-10/h3-5,7-8H,1-2H3. The Morgan fingerprint density at radius 1 is 1.67 bits per heavy atom. The average Bonchev–Trinajstić information content (AvgIpc) is 2.51. The topological polar surface area (TPSA) is 23.8 Å². The number of hydrogen-bond acceptors (Lipinski definition) is 2. The molecular weight excluding hydrogens is 166 g/mol. The minimum Gasteiger partial charge on any atom is -0.193 e. The number of nitrogens with zero attached hydrogens (tertiary/aromatic N) is 1. The number of allylic oxidation sites excluding steroid dienone is 2. The monoisotopic (exact) mass is 177 g/mol. The lowest BCUT2D eigenvalue weighted by Crippen LogP contribution is -1.89. The molecule has 0 atom stereocenters. The van der Waals surface area contributed by atoms with Crippen molar-refractivity contribution in [2.75, 3.05) is 0 Å². The lowest BCUT2D eigenvalue weighted by Gasteiger charge is -2.06. The van der Waals surface area contributed by atoms with Gasteiger partial charge in [0.2, 0.25) is 0 Å². The van der Waals surface area contributed by atoms with E-state index in [1.165, 1.54) is 4.88 Å². The van der Waals surface area contributed by atoms with E-state index >= 15 is 0 Å². The van der Waals surface area contributed by atoms with Gasteiger partial charge in [0.05, 0.1) is 6.07 Å². The number of thiophene rings is 1. The van der Waals surface area contributed by atoms with E-state index in [0.29, 0.717) is 5.92 Å². The van der Waals surface area contributed by atoms with Crippen LogP contribution in [0.2, 0.25) is 0 Å². The molecule has 1 aromatic heterocycles. The Morgan fingerprint density at radius 2 is 2.42 bits per heavy atom. The Hall–Kier alpha value is -1.07. The van der Waals surface area contributed by atoms with E-state index in [0.717, 1.165) is 5.57 Å². The van der Waals surface area contributed by atoms with Crippen molar-refractivity contribution in [2.45, 2.75) is 13.8 Å². The number of hydrogen-bond donors (Lipinski definition) is 0. The van der Waals surface area contributed by atoms with Crippen LogP contribution in [0.5, 0.6) is 0 Å². The molecule has 0 aliphatic carbocycles. The van der Waals surface area contributed by atoms with Crippen LogP contribution in [0, 0.1) is 17.2 Å². The largest absolute Gasteiger partial charge is 0.193 e. The van der Waals surface area contributed by atoms with Gasteiger partial charge in [0.25, 0.3) is 0 Å². The van der Waals surface area contributed by atoms with E-state index in [1.54, 1.807) is 17.4 Å². The van der Waals surface area contributed by atoms with Gasteiger partial charge in [-0.15, -0.1) is 11.3 Å². The van der Waals surface area contributed by atoms with Crippen molar-refractivity contribution in [3.63, 3.8) is 0 Å². The van der Waals surface area contributed by atoms with Crippen LogP contribution in [0.25, 0.3) is 5.57 Å². The summed E-state index contributed by atoms with van der Waals surface area (Å²) < 4.78 is 0. The Labute approximate surface area is 77.0 Å². The summed E-state index contributed by atoms with van der Waals surface area (Å²) in [6.45, 7) is 4.20. The predicted molar refractivity (Wildman–Crippen MR) is 52.7 cm³/mol. The third-order valence-electron chi connectivity index (χ3n) is 1.65. The van der Waals surface area contributed by atoms with Crippen molar-refractivity contribution in [1.29, 1.82) is 5.26 Å². The molecule has 0 saturated carbocycles. The van der Waals surface area contributed by atoms with Crippen LogP contribution >= 0.6 is 11.3 Å². The first-order valence-electron chi connectivity index (χ1n) is 3.89. The molecule has 0 saturated heterocycles. The summed E-state index contributed by atoms with van der Waals surface area (Å²) in [7, 11) is 0. The van der Waals surface area contributed by atoms with Gasteiger partial charge in [0.1, 0.15) is 0 Å². The highest BCUT2D eigenvalue weighted by Crippen LogP contribution is 2.26. The van der Waals surface area contributed by atoms with E-state index in [-0.39, 0.29) is 0 Å². The molecule has 1 nitrogen and oxygen atoms in total. The van der Waals surface area contributed by atoms with Gasteiger partial charge in [0.15, 0.2) is 0 Å². The first-order chi connectivity index (χ1) is 5.75. The summed E-state index contributed by atoms with van der Waals surface area (Å²) in [5.41, 5.74) is 1.13. The van der Waals surface area contributed by atoms with Crippen molar-refractivity contribution in [3.05, 3.63) is 28.5 Å². The van der Waals surface area contributed by atoms with E-state index in [1.807, 2.05) is 17.5 Å². The minimum atomic E-state index is 0.420. The zero-order valence-electron chi connectivity index (χ0n) is 7.24. The second-order valence-corrected chi connectivity index (χ2v) is 3.81. The van der Waals surface area contributed by atoms with E-state index in [2.05, 4.69) is 19.9 Å². The maximum absolute atomic E-state index is 8.56. The highest BCUT2D eigenvalue weighted by molar-refractivity contribution is 7.11. The second kappa shape index (κ2) is 4.08. The average molecular weight is 177 g/mol. The smallest absolute Gasteiger partial charge is 0.0915 e. The summed E-state index contributed by atoms with van der Waals surface area (Å²) >= 11 is 1.68. The van der Waals surface area contributed by atoms with Crippen LogP contribution < -0.4 is 0 Å². The lowest BCUT2D eigenvalue weighted by molar-refractivity contribution is 0.859. The van der Waals surface area contributed by atoms with Crippen LogP contribution in [0.3, 0.4) is 0 Å². The van der Waals surface area contributed by atoms with Crippen LogP contribution in [0.1, 0.15) is 18.7 Å². The molecular formula is C10H11NS. The Morgan fingerprint density at radius 3 is 2.83 bits per heavy atom. The molecule has 1 aromatic rings. The van der Waals surface area contributed by atoms with Gasteiger partial charge in [-0.3, -0.25) is 0 Å². The molecule has 0 fully saturated rings. The molecule has 0 radical (unpaired) electrons. The van der Waals surface area contributed by atoms with Crippen molar-refractivity contribution >= 4 is 16.9 Å². The molecule has 0 amide bonds. The van der Waals surface area contributed by atoms with Crippen LogP contribution in [0.15, 0.2) is 23.6 Å². The Kier molecular flexibility index (Phi) is 3.07. The number of rotatable bonds is 2. The van der Waals surface area contributed by atoms with Crippen LogP contribution in [-0.2, 0) is 0 Å². The lowest BCUT2D eigenvalue weighted by atomic mass is 10.0. The molecule has 0 aliphatic rings. The zero-order valence-corrected chi connectivity index (χ0v) is 8.06. The highest BCUT2D eigenvalue weighted by atomic mass is 32.1. The first-order valence-corrected chi connectivity index (χ1v) is 4.77. The zero-order chi connectivity index (χ0) is 8.97. The van der Waals surface area contributed by atoms with E-state index in [4.69, 9.17) is 5.26 Å². The predicted octanol–water partition coefficient (Wildman–Crippen LogP) is 3.31. The first kappa shape index (κ1) is 9.02. The Balaban J connectivity index is 2.98. The molecule has 0 spiro atoms. The van der Waals surface area contributed by atoms with Crippen molar-refractivity contribution < 1.29 is 0 Å². The van der Waals surface area contributed by atoms with Crippen LogP contribution in [-0.4, -0.2) is 0 Å². The van der Waals surface area contributed by atoms with Gasteiger partial charge in [-0.25, -0.2) is 0 Å². The van der Waals surface area contributed by atoms with E-state index in [9.17, 15) is 0 Å². The molecule has 62 valence electrons. The van der Waals surface area contributed by atoms with Gasteiger partial charge in [0, 0.05) is 11.0 Å². The maximum atomic E-state index is 8.56. The molecule has 0 aromatic carbocycles. The third-order valence-corrected chi connectivity index (χ3v) is 2.57. The van der Waals surface area contributed by atoms with Crippen LogP contribution in [0.4, 0.5) is 0 Å². The summed E-state index contributed by atoms with van der Waals surface area (Å²) in [5, 5.41) is 10.6. The van der Waals surface area contributed by atoms with Crippen molar-refractivity contribution in [3.8, 4) is 6.07 Å². The quantitative estimate of drug-likeness (QED) is 0.636. The summed E-state index contributed by atoms with van der Waals surface area (Å²) in [6, 6.07) is 6.14. The summed E-state index contributed by atoms with van der Waals surface area (Å²) in [4.78, 5) is 1.20. The van der Waals surface area contributed by atoms with Crippen molar-refractivity contribution in [1.82, 2.24) is 0 Å². The fraction of sp³-hybridized carbons (Fsp3) is 0.300. The molecule has 0 N–H and O–H groups in total. The summed E-state index contributed by atoms with van der Waals surface area (Å²) in [5.74, 6) is 0.420. The second-order valence-electron chi connectivity index (χ2n) is 2.86. The van der Waals surface area contributed by atoms with Gasteiger partial charge in [-0.1, -0.05) is 19.9 Å². The minimum absolute atomic E-state index is 0.420. The Bertz CT molecular complexity index is 301. The fourth-order valence-electron chi connectivity index (χ4n) is 1.03. The van der Waals surface area contributed by atoms with Gasteiger partial charge in [-0.2, -0.15) is 5.26 Å². The van der Waals surface area contributed by atoms with E-state index < -0.39 is 0 Å². The third kappa shape index (κ3) is 1.96. The molecule has 12 heavy (non-hydrogen) atoms. The number of nitriles is 1. The SMILES string of the molecule is CC(C)C(=CC#N)c1cccs1. The normalized spacial score (nSPS) is 11.7. The van der Waals surface area contributed by atoms with Gasteiger partial charge < -0.3 is 0 Å². The van der Waals surface area contributed by atoms with Crippen molar-refractivity contribution in [2.24, 2.45) is 5.92 Å². The molecule has 0 bridgehead atoms. The molecule has 1 rings (SSSR count). The molecule has 0 aliphatic heterocycles. The highest BCUT2D eigenvalue weighted by Gasteiger charge is 2.06. The molecule has 2 heteroatoms. The molecule has 0 unspecified atom stereocenters. The maximum Gasteiger partial charge on any atom is 0.0915 e. The molecule has 1 heterocycles. The van der Waals surface area contributed by atoms with Gasteiger partial charge >= 0.3 is 0 Å². The van der Waals surface area contributed by atoms with Gasteiger partial charge in [-0.05, 0) is 22.9 Å². The fourth-order valence-corrected chi connectivity index (χ4v) is 1.93.